The van der Waals surface area contributed by atoms with Gasteiger partial charge in [0, 0.05) is 56.3 Å². The van der Waals surface area contributed by atoms with Crippen LogP contribution in [0.5, 0.6) is 11.5 Å². The quantitative estimate of drug-likeness (QED) is 0.269. The van der Waals surface area contributed by atoms with Gasteiger partial charge in [0.25, 0.3) is 0 Å². The third-order valence-electron chi connectivity index (χ3n) is 5.88. The average molecular weight is 572 g/mol. The van der Waals surface area contributed by atoms with Gasteiger partial charge in [-0.3, -0.25) is 9.89 Å². The van der Waals surface area contributed by atoms with E-state index in [4.69, 9.17) is 19.0 Å². The lowest BCUT2D eigenvalue weighted by atomic mass is 10.00. The summed E-state index contributed by atoms with van der Waals surface area (Å²) < 4.78 is 16.1. The first-order chi connectivity index (χ1) is 15.4. The number of aromatic nitrogens is 1. The van der Waals surface area contributed by atoms with Crippen molar-refractivity contribution in [2.24, 2.45) is 4.99 Å². The molecule has 9 heteroatoms. The summed E-state index contributed by atoms with van der Waals surface area (Å²) in [7, 11) is 3.37. The van der Waals surface area contributed by atoms with Crippen LogP contribution in [-0.2, 0) is 6.54 Å². The topological polar surface area (TPSA) is 84.2 Å². The molecule has 0 amide bonds. The number of methoxy groups -OCH3 is 2. The van der Waals surface area contributed by atoms with E-state index >= 15 is 0 Å². The van der Waals surface area contributed by atoms with E-state index in [0.717, 1.165) is 67.1 Å². The number of nitrogens with one attached hydrogen (secondary N) is 2. The lowest BCUT2D eigenvalue weighted by molar-refractivity contribution is 0.321. The SMILES string of the molecule is CCNC(=NCC(C)c1c(C)noc1C)NC1CCN(Cc2cc(OC)cc(OC)c2)C1.I. The van der Waals surface area contributed by atoms with E-state index in [1.165, 1.54) is 5.56 Å². The largest absolute Gasteiger partial charge is 0.497 e. The van der Waals surface area contributed by atoms with Crippen molar-refractivity contribution < 1.29 is 14.0 Å². The van der Waals surface area contributed by atoms with Crippen LogP contribution in [0.2, 0.25) is 0 Å². The van der Waals surface area contributed by atoms with E-state index in [0.29, 0.717) is 12.6 Å². The number of likely N-dealkylation sites (tertiary alicyclic amines) is 1. The molecule has 1 saturated heterocycles. The van der Waals surface area contributed by atoms with Crippen molar-refractivity contribution in [3.8, 4) is 11.5 Å². The second kappa shape index (κ2) is 13.0. The zero-order valence-corrected chi connectivity index (χ0v) is 22.9. The maximum absolute atomic E-state index is 5.41. The number of halogens is 1. The third kappa shape index (κ3) is 7.49. The molecule has 2 aromatic rings. The zero-order valence-electron chi connectivity index (χ0n) is 20.6. The number of rotatable bonds is 9. The molecule has 0 spiro atoms. The highest BCUT2D eigenvalue weighted by Crippen LogP contribution is 2.25. The van der Waals surface area contributed by atoms with E-state index < -0.39 is 0 Å². The normalized spacial score (nSPS) is 17.4. The predicted octanol–water partition coefficient (Wildman–Crippen LogP) is 3.86. The van der Waals surface area contributed by atoms with Gasteiger partial charge in [-0.05, 0) is 44.9 Å². The molecule has 1 aliphatic heterocycles. The second-order valence-corrected chi connectivity index (χ2v) is 8.44. The molecule has 33 heavy (non-hydrogen) atoms. The van der Waals surface area contributed by atoms with Crippen LogP contribution in [0.1, 0.15) is 48.8 Å². The van der Waals surface area contributed by atoms with Crippen LogP contribution in [0.4, 0.5) is 0 Å². The molecule has 2 atom stereocenters. The molecule has 1 aromatic heterocycles. The number of guanidine groups is 1. The van der Waals surface area contributed by atoms with Gasteiger partial charge in [-0.2, -0.15) is 0 Å². The highest BCUT2D eigenvalue weighted by Gasteiger charge is 2.24. The van der Waals surface area contributed by atoms with Crippen molar-refractivity contribution in [2.45, 2.75) is 52.6 Å². The smallest absolute Gasteiger partial charge is 0.191 e. The van der Waals surface area contributed by atoms with Crippen LogP contribution < -0.4 is 20.1 Å². The molecular weight excluding hydrogens is 533 g/mol. The summed E-state index contributed by atoms with van der Waals surface area (Å²) in [5, 5.41) is 11.1. The highest BCUT2D eigenvalue weighted by molar-refractivity contribution is 14.0. The fourth-order valence-electron chi connectivity index (χ4n) is 4.34. The Morgan fingerprint density at radius 1 is 1.24 bits per heavy atom. The van der Waals surface area contributed by atoms with Crippen LogP contribution in [0, 0.1) is 13.8 Å². The molecule has 184 valence electrons. The molecule has 0 bridgehead atoms. The van der Waals surface area contributed by atoms with Gasteiger partial charge in [-0.1, -0.05) is 12.1 Å². The van der Waals surface area contributed by atoms with Crippen molar-refractivity contribution in [3.63, 3.8) is 0 Å². The van der Waals surface area contributed by atoms with Crippen molar-refractivity contribution in [1.29, 1.82) is 0 Å². The molecule has 2 heterocycles. The molecule has 1 aliphatic rings. The van der Waals surface area contributed by atoms with Gasteiger partial charge < -0.3 is 24.6 Å². The number of hydrogen-bond acceptors (Lipinski definition) is 6. The van der Waals surface area contributed by atoms with Gasteiger partial charge in [0.1, 0.15) is 17.3 Å². The molecule has 2 unspecified atom stereocenters. The number of benzene rings is 1. The van der Waals surface area contributed by atoms with Gasteiger partial charge in [-0.25, -0.2) is 0 Å². The lowest BCUT2D eigenvalue weighted by Gasteiger charge is -2.20. The van der Waals surface area contributed by atoms with Crippen molar-refractivity contribution in [2.75, 3.05) is 40.4 Å². The number of ether oxygens (including phenoxy) is 2. The maximum atomic E-state index is 5.41. The van der Waals surface area contributed by atoms with Crippen molar-refractivity contribution >= 4 is 29.9 Å². The zero-order chi connectivity index (χ0) is 23.1. The highest BCUT2D eigenvalue weighted by atomic mass is 127. The molecule has 0 aliphatic carbocycles. The first kappa shape index (κ1) is 27.2. The van der Waals surface area contributed by atoms with E-state index in [2.05, 4.69) is 46.7 Å². The van der Waals surface area contributed by atoms with Crippen LogP contribution in [0.25, 0.3) is 0 Å². The molecule has 0 saturated carbocycles. The van der Waals surface area contributed by atoms with E-state index in [9.17, 15) is 0 Å². The molecule has 1 aromatic carbocycles. The van der Waals surface area contributed by atoms with Crippen LogP contribution in [-0.4, -0.2) is 62.5 Å². The summed E-state index contributed by atoms with van der Waals surface area (Å²) >= 11 is 0. The van der Waals surface area contributed by atoms with Gasteiger partial charge in [0.2, 0.25) is 0 Å². The summed E-state index contributed by atoms with van der Waals surface area (Å²) in [4.78, 5) is 7.29. The van der Waals surface area contributed by atoms with Gasteiger partial charge in [0.05, 0.1) is 19.9 Å². The number of aliphatic imine (C=N–C) groups is 1. The number of nitrogens with zero attached hydrogens (tertiary/aromatic N) is 3. The summed E-state index contributed by atoms with van der Waals surface area (Å²) in [5.74, 6) is 3.63. The van der Waals surface area contributed by atoms with Crippen LogP contribution in [0.3, 0.4) is 0 Å². The summed E-state index contributed by atoms with van der Waals surface area (Å²) in [6, 6.07) is 6.41. The fourth-order valence-corrected chi connectivity index (χ4v) is 4.34. The Morgan fingerprint density at radius 2 is 1.94 bits per heavy atom. The van der Waals surface area contributed by atoms with E-state index in [1.807, 2.05) is 19.9 Å². The Bertz CT molecular complexity index is 876. The molecule has 2 N–H and O–H groups in total. The minimum Gasteiger partial charge on any atom is -0.497 e. The van der Waals surface area contributed by atoms with Gasteiger partial charge in [-0.15, -0.1) is 24.0 Å². The monoisotopic (exact) mass is 571 g/mol. The van der Waals surface area contributed by atoms with Gasteiger partial charge >= 0.3 is 0 Å². The lowest BCUT2D eigenvalue weighted by Crippen LogP contribution is -2.44. The number of aryl methyl sites for hydroxylation is 2. The average Bonchev–Trinajstić information content (AvgIpc) is 3.36. The summed E-state index contributed by atoms with van der Waals surface area (Å²) in [6.07, 6.45) is 1.07. The predicted molar refractivity (Wildman–Crippen MR) is 142 cm³/mol. The Kier molecular flexibility index (Phi) is 10.7. The maximum Gasteiger partial charge on any atom is 0.191 e. The van der Waals surface area contributed by atoms with Crippen molar-refractivity contribution in [1.82, 2.24) is 20.7 Å². The van der Waals surface area contributed by atoms with Crippen LogP contribution >= 0.6 is 24.0 Å². The van der Waals surface area contributed by atoms with Crippen molar-refractivity contribution in [3.05, 3.63) is 40.8 Å². The summed E-state index contributed by atoms with van der Waals surface area (Å²) in [6.45, 7) is 12.6. The van der Waals surface area contributed by atoms with E-state index in [-0.39, 0.29) is 29.9 Å². The Morgan fingerprint density at radius 3 is 2.52 bits per heavy atom. The second-order valence-electron chi connectivity index (χ2n) is 8.44. The van der Waals surface area contributed by atoms with Crippen LogP contribution in [0.15, 0.2) is 27.7 Å². The standard InChI is InChI=1S/C24H37N5O3.HI/c1-7-25-24(26-13-16(2)23-17(3)28-32-18(23)4)27-20-8-9-29(15-20)14-19-10-21(30-5)12-22(11-19)31-6;/h10-12,16,20H,7-9,13-15H2,1-6H3,(H2,25,26,27);1H. The minimum absolute atomic E-state index is 0. The molecule has 3 rings (SSSR count). The Hall–Kier alpha value is -2.01. The first-order valence-electron chi connectivity index (χ1n) is 11.3. The minimum atomic E-state index is 0. The number of hydrogen-bond donors (Lipinski definition) is 2. The first-order valence-corrected chi connectivity index (χ1v) is 11.3. The summed E-state index contributed by atoms with van der Waals surface area (Å²) in [5.41, 5.74) is 3.30. The van der Waals surface area contributed by atoms with E-state index in [1.54, 1.807) is 14.2 Å². The molecular formula is C24H38IN5O3. The molecule has 0 radical (unpaired) electrons. The Labute approximate surface area is 214 Å². The molecule has 8 nitrogen and oxygen atoms in total. The molecule has 1 fully saturated rings. The fraction of sp³-hybridized carbons (Fsp3) is 0.583. The Balaban J connectivity index is 0.00000385. The van der Waals surface area contributed by atoms with Gasteiger partial charge in [0.15, 0.2) is 5.96 Å². The third-order valence-corrected chi connectivity index (χ3v) is 5.88.